The third-order valence-electron chi connectivity index (χ3n) is 13.0. The monoisotopic (exact) mass is 795 g/mol. The Kier molecular flexibility index (Phi) is 10.5. The molecule has 62 heavy (non-hydrogen) atoms. The van der Waals surface area contributed by atoms with Gasteiger partial charge in [0.25, 0.3) is 0 Å². The lowest BCUT2D eigenvalue weighted by Crippen LogP contribution is -2.23. The topological polar surface area (TPSA) is 3.24 Å². The molecule has 1 aliphatic rings. The van der Waals surface area contributed by atoms with Gasteiger partial charge in [0, 0.05) is 22.5 Å². The summed E-state index contributed by atoms with van der Waals surface area (Å²) in [5.74, 6) is 0. The van der Waals surface area contributed by atoms with Crippen LogP contribution in [0.4, 0.5) is 17.1 Å². The van der Waals surface area contributed by atoms with Crippen molar-refractivity contribution >= 4 is 29.2 Å². The molecule has 0 aromatic heterocycles. The highest BCUT2D eigenvalue weighted by atomic mass is 15.1. The van der Waals surface area contributed by atoms with E-state index < -0.39 is 0 Å². The van der Waals surface area contributed by atoms with Crippen molar-refractivity contribution in [2.24, 2.45) is 0 Å². The molecule has 0 heterocycles. The van der Waals surface area contributed by atoms with E-state index in [0.717, 1.165) is 24.2 Å². The molecule has 0 fully saturated rings. The van der Waals surface area contributed by atoms with Crippen LogP contribution in [-0.4, -0.2) is 0 Å². The van der Waals surface area contributed by atoms with E-state index in [0.29, 0.717) is 0 Å². The largest absolute Gasteiger partial charge is 0.310 e. The summed E-state index contributed by atoms with van der Waals surface area (Å²) in [5, 5.41) is 0. The molecule has 1 nitrogen and oxygen atoms in total. The van der Waals surface area contributed by atoms with Crippen molar-refractivity contribution in [2.45, 2.75) is 32.1 Å². The van der Waals surface area contributed by atoms with Crippen LogP contribution in [0.1, 0.15) is 48.9 Å². The number of anilines is 3. The van der Waals surface area contributed by atoms with Gasteiger partial charge in [-0.2, -0.15) is 0 Å². The van der Waals surface area contributed by atoms with Crippen molar-refractivity contribution in [3.8, 4) is 55.6 Å². The molecule has 0 unspecified atom stereocenters. The summed E-state index contributed by atoms with van der Waals surface area (Å²) in [4.78, 5) is 2.38. The van der Waals surface area contributed by atoms with Crippen LogP contribution in [0, 0.1) is 0 Å². The molecule has 1 aliphatic carbocycles. The molecular weight excluding hydrogens is 747 g/mol. The lowest BCUT2D eigenvalue weighted by Gasteiger charge is -2.32. The molecule has 0 spiro atoms. The molecule has 0 radical (unpaired) electrons. The van der Waals surface area contributed by atoms with Crippen LogP contribution in [0.25, 0.3) is 67.8 Å². The molecule has 1 heteroatoms. The number of rotatable bonds is 11. The third kappa shape index (κ3) is 7.27. The van der Waals surface area contributed by atoms with E-state index in [1.807, 2.05) is 0 Å². The highest BCUT2D eigenvalue weighted by Crippen LogP contribution is 2.54. The van der Waals surface area contributed by atoms with Crippen LogP contribution in [0.3, 0.4) is 0 Å². The van der Waals surface area contributed by atoms with Gasteiger partial charge in [-0.15, -0.1) is 0 Å². The van der Waals surface area contributed by atoms with Crippen LogP contribution in [-0.2, 0) is 5.41 Å². The Bertz CT molecular complexity index is 2940. The minimum atomic E-state index is -0.0686. The van der Waals surface area contributed by atoms with E-state index in [9.17, 15) is 0 Å². The maximum Gasteiger partial charge on any atom is 0.0465 e. The molecule has 0 aliphatic heterocycles. The van der Waals surface area contributed by atoms with Gasteiger partial charge in [-0.3, -0.25) is 0 Å². The van der Waals surface area contributed by atoms with Crippen molar-refractivity contribution in [1.82, 2.24) is 0 Å². The highest BCUT2D eigenvalue weighted by Gasteiger charge is 2.41. The summed E-state index contributed by atoms with van der Waals surface area (Å²) in [6.07, 6.45) is 6.60. The van der Waals surface area contributed by atoms with Crippen molar-refractivity contribution in [2.75, 3.05) is 4.90 Å². The number of benzene rings is 9. The van der Waals surface area contributed by atoms with Gasteiger partial charge in [-0.25, -0.2) is 0 Å². The van der Waals surface area contributed by atoms with Gasteiger partial charge in [-0.1, -0.05) is 208 Å². The number of hydrogen-bond acceptors (Lipinski definition) is 1. The van der Waals surface area contributed by atoms with E-state index in [2.05, 4.69) is 255 Å². The molecular formula is C61H49N. The number of fused-ring (bicyclic) bond motifs is 3. The first kappa shape index (κ1) is 38.7. The Hall–Kier alpha value is -7.48. The van der Waals surface area contributed by atoms with Gasteiger partial charge in [0.1, 0.15) is 0 Å². The van der Waals surface area contributed by atoms with E-state index in [-0.39, 0.29) is 5.41 Å². The highest BCUT2D eigenvalue weighted by molar-refractivity contribution is 5.90. The van der Waals surface area contributed by atoms with Crippen molar-refractivity contribution in [1.29, 1.82) is 0 Å². The molecule has 9 aromatic rings. The number of para-hydroxylation sites is 2. The first-order valence-electron chi connectivity index (χ1n) is 22.0. The molecule has 0 amide bonds. The van der Waals surface area contributed by atoms with Crippen LogP contribution in [0.2, 0.25) is 0 Å². The zero-order valence-electron chi connectivity index (χ0n) is 35.4. The molecule has 0 bridgehead atoms. The van der Waals surface area contributed by atoms with Gasteiger partial charge in [0.15, 0.2) is 0 Å². The van der Waals surface area contributed by atoms with E-state index in [4.69, 9.17) is 0 Å². The summed E-state index contributed by atoms with van der Waals surface area (Å²) in [6, 6.07) is 81.8. The fourth-order valence-electron chi connectivity index (χ4n) is 9.64. The zero-order chi connectivity index (χ0) is 41.9. The van der Waals surface area contributed by atoms with Crippen molar-refractivity contribution < 1.29 is 0 Å². The molecule has 9 aromatic carbocycles. The Morgan fingerprint density at radius 1 is 0.323 bits per heavy atom. The number of hydrogen-bond donors (Lipinski definition) is 0. The quantitative estimate of drug-likeness (QED) is 0.118. The summed E-state index contributed by atoms with van der Waals surface area (Å²) in [7, 11) is 0. The fourth-order valence-corrected chi connectivity index (χ4v) is 9.64. The Labute approximate surface area is 367 Å². The maximum atomic E-state index is 2.46. The predicted octanol–water partition coefficient (Wildman–Crippen LogP) is 17.1. The minimum absolute atomic E-state index is 0.0686. The average Bonchev–Trinajstić information content (AvgIpc) is 3.63. The summed E-state index contributed by atoms with van der Waals surface area (Å²) in [6.45, 7) is 4.71. The second kappa shape index (κ2) is 16.9. The Morgan fingerprint density at radius 3 is 1.34 bits per heavy atom. The minimum Gasteiger partial charge on any atom is -0.310 e. The molecule has 0 saturated carbocycles. The zero-order valence-corrected chi connectivity index (χ0v) is 35.4. The lowest BCUT2D eigenvalue weighted by molar-refractivity contribution is 0.490. The Morgan fingerprint density at radius 2 is 0.742 bits per heavy atom. The lowest BCUT2D eigenvalue weighted by atomic mass is 9.73. The summed E-state index contributed by atoms with van der Waals surface area (Å²) >= 11 is 0. The van der Waals surface area contributed by atoms with Gasteiger partial charge < -0.3 is 4.90 Å². The summed E-state index contributed by atoms with van der Waals surface area (Å²) in [5.41, 5.74) is 21.1. The van der Waals surface area contributed by atoms with E-state index in [1.54, 1.807) is 0 Å². The molecule has 0 N–H and O–H groups in total. The third-order valence-corrected chi connectivity index (χ3v) is 13.0. The smallest absolute Gasteiger partial charge is 0.0465 e. The van der Waals surface area contributed by atoms with Gasteiger partial charge >= 0.3 is 0 Å². The maximum absolute atomic E-state index is 2.46. The van der Waals surface area contributed by atoms with Crippen LogP contribution < -0.4 is 4.90 Å². The fraction of sp³-hybridized carbons (Fsp3) is 0.0820. The van der Waals surface area contributed by atoms with Crippen LogP contribution in [0.5, 0.6) is 0 Å². The second-order valence-corrected chi connectivity index (χ2v) is 16.4. The first-order valence-corrected chi connectivity index (χ1v) is 22.0. The SMILES string of the molecule is CCC1(CC)c2cc(/C=C/c3ccc(-c4ccc(-c5ccccc5)cc4-c4ccc(-c5ccccc5)cc4)cc3)ccc2-c2ccc(N(c3ccccc3)c3ccccc3)cc21. The van der Waals surface area contributed by atoms with Gasteiger partial charge in [0.2, 0.25) is 0 Å². The van der Waals surface area contributed by atoms with Crippen molar-refractivity contribution in [3.63, 3.8) is 0 Å². The molecule has 0 atom stereocenters. The van der Waals surface area contributed by atoms with Gasteiger partial charge in [-0.05, 0) is 133 Å². The van der Waals surface area contributed by atoms with Crippen molar-refractivity contribution in [3.05, 3.63) is 247 Å². The molecule has 298 valence electrons. The molecule has 0 saturated heterocycles. The Balaban J connectivity index is 0.948. The second-order valence-electron chi connectivity index (χ2n) is 16.4. The summed E-state index contributed by atoms with van der Waals surface area (Å²) < 4.78 is 0. The first-order chi connectivity index (χ1) is 30.6. The predicted molar refractivity (Wildman–Crippen MR) is 265 cm³/mol. The number of nitrogens with zero attached hydrogens (tertiary/aromatic N) is 1. The van der Waals surface area contributed by atoms with Gasteiger partial charge in [0.05, 0.1) is 0 Å². The van der Waals surface area contributed by atoms with Crippen LogP contribution in [0.15, 0.2) is 224 Å². The van der Waals surface area contributed by atoms with Crippen LogP contribution >= 0.6 is 0 Å². The van der Waals surface area contributed by atoms with E-state index in [1.165, 1.54) is 83.6 Å². The van der Waals surface area contributed by atoms with E-state index >= 15 is 0 Å². The molecule has 10 rings (SSSR count). The normalized spacial score (nSPS) is 12.5. The average molecular weight is 796 g/mol. The standard InChI is InChI=1S/C61H49N/c1-3-61(4-2)59-41-45(29-38-56(59)57-40-37-54(43-60(57)61)62(52-21-13-7-14-22-52)53-23-15-8-16-24-53)26-25-44-27-30-49(31-28-44)55-39-36-51(47-19-11-6-12-20-47)42-58(55)50-34-32-48(33-35-50)46-17-9-5-10-18-46/h5-43H,3-4H2,1-2H3/b26-25+.